The molecule has 3 rings (SSSR count). The summed E-state index contributed by atoms with van der Waals surface area (Å²) >= 11 is 0. The molecule has 3 fully saturated rings. The molecule has 1 spiro atoms. The van der Waals surface area contributed by atoms with Gasteiger partial charge in [0.05, 0.1) is 6.61 Å². The lowest BCUT2D eigenvalue weighted by Crippen LogP contribution is -2.44. The van der Waals surface area contributed by atoms with Gasteiger partial charge >= 0.3 is 6.09 Å². The Balaban J connectivity index is 1.31. The number of amides is 1. The first-order chi connectivity index (χ1) is 7.26. The molecule has 0 atom stereocenters. The van der Waals surface area contributed by atoms with Gasteiger partial charge in [0.25, 0.3) is 0 Å². The molecule has 0 saturated heterocycles. The van der Waals surface area contributed by atoms with E-state index in [0.29, 0.717) is 24.0 Å². The second-order valence-electron chi connectivity index (χ2n) is 5.64. The van der Waals surface area contributed by atoms with Crippen molar-refractivity contribution in [3.8, 4) is 0 Å². The number of ether oxygens (including phenoxy) is 1. The summed E-state index contributed by atoms with van der Waals surface area (Å²) in [7, 11) is 0. The average Bonchev–Trinajstić information content (AvgIpc) is 2.82. The summed E-state index contributed by atoms with van der Waals surface area (Å²) in [6, 6.07) is 0.414. The lowest BCUT2D eigenvalue weighted by atomic mass is 9.52. The van der Waals surface area contributed by atoms with E-state index >= 15 is 0 Å². The Morgan fingerprint density at radius 3 is 2.60 bits per heavy atom. The van der Waals surface area contributed by atoms with E-state index < -0.39 is 0 Å². The molecular formula is C12H19NO2. The third-order valence-electron chi connectivity index (χ3n) is 4.21. The quantitative estimate of drug-likeness (QED) is 0.775. The maximum absolute atomic E-state index is 11.2. The molecule has 84 valence electrons. The van der Waals surface area contributed by atoms with Crippen LogP contribution >= 0.6 is 0 Å². The van der Waals surface area contributed by atoms with Gasteiger partial charge in [0.2, 0.25) is 0 Å². The van der Waals surface area contributed by atoms with Gasteiger partial charge in [-0.1, -0.05) is 6.42 Å². The van der Waals surface area contributed by atoms with Crippen molar-refractivity contribution in [2.24, 2.45) is 11.3 Å². The van der Waals surface area contributed by atoms with Crippen LogP contribution in [-0.4, -0.2) is 18.7 Å². The molecule has 1 amide bonds. The van der Waals surface area contributed by atoms with Crippen LogP contribution in [0.5, 0.6) is 0 Å². The van der Waals surface area contributed by atoms with Crippen LogP contribution in [0.2, 0.25) is 0 Å². The first kappa shape index (κ1) is 9.49. The third-order valence-corrected chi connectivity index (χ3v) is 4.21. The minimum absolute atomic E-state index is 0.202. The molecule has 15 heavy (non-hydrogen) atoms. The van der Waals surface area contributed by atoms with Gasteiger partial charge in [0.15, 0.2) is 0 Å². The Bertz CT molecular complexity index is 261. The Hall–Kier alpha value is -0.730. The van der Waals surface area contributed by atoms with Gasteiger partial charge in [-0.05, 0) is 49.9 Å². The summed E-state index contributed by atoms with van der Waals surface area (Å²) in [5, 5.41) is 2.84. The lowest BCUT2D eigenvalue weighted by molar-refractivity contribution is -0.0486. The monoisotopic (exact) mass is 209 g/mol. The van der Waals surface area contributed by atoms with E-state index in [1.165, 1.54) is 32.1 Å². The molecule has 0 aromatic carbocycles. The average molecular weight is 209 g/mol. The Morgan fingerprint density at radius 2 is 2.07 bits per heavy atom. The highest BCUT2D eigenvalue weighted by atomic mass is 16.5. The van der Waals surface area contributed by atoms with Gasteiger partial charge < -0.3 is 10.1 Å². The summed E-state index contributed by atoms with van der Waals surface area (Å²) in [6.07, 6.45) is 8.88. The van der Waals surface area contributed by atoms with Crippen LogP contribution in [0.3, 0.4) is 0 Å². The second kappa shape index (κ2) is 3.39. The van der Waals surface area contributed by atoms with Crippen LogP contribution < -0.4 is 5.32 Å². The summed E-state index contributed by atoms with van der Waals surface area (Å²) in [5.41, 5.74) is 0.695. The van der Waals surface area contributed by atoms with E-state index in [2.05, 4.69) is 5.32 Å². The van der Waals surface area contributed by atoms with Crippen LogP contribution in [0, 0.1) is 11.3 Å². The fourth-order valence-corrected chi connectivity index (χ4v) is 3.00. The topological polar surface area (TPSA) is 38.3 Å². The highest BCUT2D eigenvalue weighted by Crippen LogP contribution is 2.58. The zero-order chi connectivity index (χ0) is 10.3. The Morgan fingerprint density at radius 1 is 1.33 bits per heavy atom. The van der Waals surface area contributed by atoms with E-state index in [4.69, 9.17) is 4.74 Å². The van der Waals surface area contributed by atoms with Gasteiger partial charge in [-0.3, -0.25) is 0 Å². The van der Waals surface area contributed by atoms with Crippen molar-refractivity contribution < 1.29 is 9.53 Å². The van der Waals surface area contributed by atoms with Gasteiger partial charge in [0.1, 0.15) is 0 Å². The van der Waals surface area contributed by atoms with Crippen LogP contribution in [0.15, 0.2) is 0 Å². The van der Waals surface area contributed by atoms with Gasteiger partial charge in [-0.2, -0.15) is 0 Å². The number of nitrogens with one attached hydrogen (secondary N) is 1. The zero-order valence-electron chi connectivity index (χ0n) is 9.13. The van der Waals surface area contributed by atoms with Crippen molar-refractivity contribution in [2.75, 3.05) is 6.61 Å². The molecule has 0 bridgehead atoms. The van der Waals surface area contributed by atoms with E-state index in [9.17, 15) is 4.79 Å². The molecule has 3 nitrogen and oxygen atoms in total. The number of carbonyl (C=O) groups is 1. The predicted octanol–water partition coefficient (Wildman–Crippen LogP) is 2.46. The van der Waals surface area contributed by atoms with Crippen LogP contribution in [-0.2, 0) is 4.74 Å². The number of alkyl carbamates (subject to hydrolysis) is 1. The minimum atomic E-state index is -0.202. The van der Waals surface area contributed by atoms with Crippen LogP contribution in [0.25, 0.3) is 0 Å². The van der Waals surface area contributed by atoms with Crippen molar-refractivity contribution in [2.45, 2.75) is 51.0 Å². The number of hydrogen-bond acceptors (Lipinski definition) is 2. The van der Waals surface area contributed by atoms with Crippen LogP contribution in [0.4, 0.5) is 4.79 Å². The Kier molecular flexibility index (Phi) is 2.15. The molecule has 3 aliphatic rings. The van der Waals surface area contributed by atoms with E-state index in [1.54, 1.807) is 0 Å². The van der Waals surface area contributed by atoms with Crippen molar-refractivity contribution in [1.82, 2.24) is 5.32 Å². The highest BCUT2D eigenvalue weighted by molar-refractivity contribution is 5.67. The van der Waals surface area contributed by atoms with E-state index in [1.807, 2.05) is 0 Å². The summed E-state index contributed by atoms with van der Waals surface area (Å²) < 4.78 is 5.21. The highest BCUT2D eigenvalue weighted by Gasteiger charge is 2.48. The molecule has 0 unspecified atom stereocenters. The van der Waals surface area contributed by atoms with Crippen molar-refractivity contribution in [1.29, 1.82) is 0 Å². The fourth-order valence-electron chi connectivity index (χ4n) is 3.00. The molecular weight excluding hydrogens is 190 g/mol. The fraction of sp³-hybridized carbons (Fsp3) is 0.917. The van der Waals surface area contributed by atoms with Crippen molar-refractivity contribution >= 4 is 6.09 Å². The van der Waals surface area contributed by atoms with Gasteiger partial charge in [0, 0.05) is 6.04 Å². The van der Waals surface area contributed by atoms with Crippen molar-refractivity contribution in [3.05, 3.63) is 0 Å². The SMILES string of the molecule is O=C(NC1CC1)OCC1CC2(CCC2)C1. The standard InChI is InChI=1S/C12H19NO2/c14-11(13-10-2-3-10)15-8-9-6-12(7-9)4-1-5-12/h9-10H,1-8H2,(H,13,14). The smallest absolute Gasteiger partial charge is 0.407 e. The second-order valence-corrected chi connectivity index (χ2v) is 5.64. The first-order valence-electron chi connectivity index (χ1n) is 6.19. The molecule has 3 heteroatoms. The molecule has 0 aliphatic heterocycles. The normalized spacial score (nSPS) is 28.0. The molecule has 0 radical (unpaired) electrons. The molecule has 0 heterocycles. The number of carbonyl (C=O) groups excluding carboxylic acids is 1. The largest absolute Gasteiger partial charge is 0.449 e. The van der Waals surface area contributed by atoms with Gasteiger partial charge in [-0.15, -0.1) is 0 Å². The maximum atomic E-state index is 11.2. The van der Waals surface area contributed by atoms with Crippen molar-refractivity contribution in [3.63, 3.8) is 0 Å². The molecule has 0 aromatic rings. The third kappa shape index (κ3) is 1.97. The zero-order valence-corrected chi connectivity index (χ0v) is 9.13. The lowest BCUT2D eigenvalue weighted by Gasteiger charge is -2.54. The minimum Gasteiger partial charge on any atom is -0.449 e. The maximum Gasteiger partial charge on any atom is 0.407 e. The number of hydrogen-bond donors (Lipinski definition) is 1. The summed E-state index contributed by atoms with van der Waals surface area (Å²) in [6.45, 7) is 0.639. The first-order valence-corrected chi connectivity index (χ1v) is 6.19. The van der Waals surface area contributed by atoms with E-state index in [0.717, 1.165) is 12.8 Å². The predicted molar refractivity (Wildman–Crippen MR) is 56.5 cm³/mol. The summed E-state index contributed by atoms with van der Waals surface area (Å²) in [5.74, 6) is 0.648. The molecule has 1 N–H and O–H groups in total. The number of rotatable bonds is 3. The van der Waals surface area contributed by atoms with Crippen LogP contribution in [0.1, 0.15) is 44.9 Å². The van der Waals surface area contributed by atoms with Gasteiger partial charge in [-0.25, -0.2) is 4.79 Å². The molecule has 3 aliphatic carbocycles. The Labute approximate surface area is 90.6 Å². The molecule has 0 aromatic heterocycles. The molecule has 3 saturated carbocycles. The summed E-state index contributed by atoms with van der Waals surface area (Å²) in [4.78, 5) is 11.2. The van der Waals surface area contributed by atoms with E-state index in [-0.39, 0.29) is 6.09 Å².